The summed E-state index contributed by atoms with van der Waals surface area (Å²) in [5.74, 6) is -0.133. The number of carbonyl (C=O) groups excluding carboxylic acids is 2. The molecule has 0 aliphatic heterocycles. The molecule has 104 valence electrons. The lowest BCUT2D eigenvalue weighted by molar-refractivity contribution is -0.153. The van der Waals surface area contributed by atoms with Crippen molar-refractivity contribution >= 4 is 11.8 Å². The minimum atomic E-state index is -0.746. The number of ether oxygens (including phenoxy) is 1. The van der Waals surface area contributed by atoms with Crippen LogP contribution in [0.15, 0.2) is 24.3 Å². The predicted octanol–water partition coefficient (Wildman–Crippen LogP) is 2.48. The number of Topliss-reactive ketones (excluding diaryl/α,β-unsaturated/α-hetero) is 1. The summed E-state index contributed by atoms with van der Waals surface area (Å²) in [7, 11) is 0. The van der Waals surface area contributed by atoms with Crippen molar-refractivity contribution in [1.82, 2.24) is 0 Å². The van der Waals surface area contributed by atoms with Gasteiger partial charge in [-0.2, -0.15) is 0 Å². The van der Waals surface area contributed by atoms with E-state index in [0.717, 1.165) is 5.56 Å². The molecular weight excluding hydrogens is 244 g/mol. The molecule has 0 bridgehead atoms. The van der Waals surface area contributed by atoms with E-state index in [1.165, 1.54) is 6.92 Å². The standard InChI is InChI=1S/C15H20O4/c1-10(2)8-14(18)15(19-11(3)16)9-12-4-6-13(17)7-5-12/h4-7,10,15,17H,8-9H2,1-3H3. The third kappa shape index (κ3) is 5.55. The van der Waals surface area contributed by atoms with Crippen molar-refractivity contribution in [3.8, 4) is 5.75 Å². The molecule has 0 fully saturated rings. The normalized spacial score (nSPS) is 12.2. The van der Waals surface area contributed by atoms with Crippen molar-refractivity contribution in [1.29, 1.82) is 0 Å². The van der Waals surface area contributed by atoms with Crippen LogP contribution >= 0.6 is 0 Å². The second kappa shape index (κ2) is 6.92. The highest BCUT2D eigenvalue weighted by molar-refractivity contribution is 5.85. The molecule has 1 N–H and O–H groups in total. The number of carbonyl (C=O) groups is 2. The van der Waals surface area contributed by atoms with Crippen LogP contribution in [-0.4, -0.2) is 23.0 Å². The SMILES string of the molecule is CC(=O)OC(Cc1ccc(O)cc1)C(=O)CC(C)C. The molecule has 4 nitrogen and oxygen atoms in total. The first-order valence-corrected chi connectivity index (χ1v) is 6.36. The van der Waals surface area contributed by atoms with E-state index in [2.05, 4.69) is 0 Å². The molecule has 0 aromatic heterocycles. The molecule has 0 aliphatic rings. The van der Waals surface area contributed by atoms with E-state index >= 15 is 0 Å². The van der Waals surface area contributed by atoms with Crippen LogP contribution in [0.25, 0.3) is 0 Å². The first-order chi connectivity index (χ1) is 8.88. The Morgan fingerprint density at radius 1 is 1.21 bits per heavy atom. The molecule has 0 amide bonds. The lowest BCUT2D eigenvalue weighted by Gasteiger charge is -2.17. The van der Waals surface area contributed by atoms with Gasteiger partial charge in [0.05, 0.1) is 0 Å². The van der Waals surface area contributed by atoms with Gasteiger partial charge in [0.15, 0.2) is 11.9 Å². The molecule has 0 spiro atoms. The molecule has 0 radical (unpaired) electrons. The largest absolute Gasteiger partial charge is 0.508 e. The van der Waals surface area contributed by atoms with Crippen LogP contribution in [0.3, 0.4) is 0 Å². The Kier molecular flexibility index (Phi) is 5.55. The van der Waals surface area contributed by atoms with Crippen molar-refractivity contribution in [2.45, 2.75) is 39.7 Å². The third-order valence-corrected chi connectivity index (χ3v) is 2.63. The van der Waals surface area contributed by atoms with E-state index in [9.17, 15) is 14.7 Å². The highest BCUT2D eigenvalue weighted by Gasteiger charge is 2.22. The molecular formula is C15H20O4. The highest BCUT2D eigenvalue weighted by atomic mass is 16.5. The fraction of sp³-hybridized carbons (Fsp3) is 0.467. The topological polar surface area (TPSA) is 63.6 Å². The summed E-state index contributed by atoms with van der Waals surface area (Å²) in [5.41, 5.74) is 0.848. The maximum Gasteiger partial charge on any atom is 0.303 e. The molecule has 1 unspecified atom stereocenters. The van der Waals surface area contributed by atoms with E-state index in [1.807, 2.05) is 13.8 Å². The monoisotopic (exact) mass is 264 g/mol. The summed E-state index contributed by atoms with van der Waals surface area (Å²) in [5, 5.41) is 9.21. The van der Waals surface area contributed by atoms with E-state index in [4.69, 9.17) is 4.74 Å². The number of rotatable bonds is 6. The Morgan fingerprint density at radius 2 is 1.79 bits per heavy atom. The Labute approximate surface area is 113 Å². The van der Waals surface area contributed by atoms with Gasteiger partial charge in [0.25, 0.3) is 0 Å². The maximum atomic E-state index is 12.0. The predicted molar refractivity (Wildman–Crippen MR) is 71.8 cm³/mol. The minimum Gasteiger partial charge on any atom is -0.508 e. The van der Waals surface area contributed by atoms with Crippen molar-refractivity contribution < 1.29 is 19.4 Å². The maximum absolute atomic E-state index is 12.0. The van der Waals surface area contributed by atoms with Crippen LogP contribution < -0.4 is 0 Å². The van der Waals surface area contributed by atoms with Gasteiger partial charge < -0.3 is 9.84 Å². The van der Waals surface area contributed by atoms with Gasteiger partial charge in [0.2, 0.25) is 0 Å². The summed E-state index contributed by atoms with van der Waals surface area (Å²) in [6.07, 6.45) is -0.0222. The quantitative estimate of drug-likeness (QED) is 0.802. The Balaban J connectivity index is 2.76. The molecule has 1 atom stereocenters. The van der Waals surface area contributed by atoms with Gasteiger partial charge in [-0.05, 0) is 23.6 Å². The second-order valence-corrected chi connectivity index (χ2v) is 5.03. The van der Waals surface area contributed by atoms with Crippen molar-refractivity contribution in [3.05, 3.63) is 29.8 Å². The number of hydrogen-bond donors (Lipinski definition) is 1. The first kappa shape index (κ1) is 15.2. The minimum absolute atomic E-state index is 0.0710. The molecule has 0 heterocycles. The average Bonchev–Trinajstić information content (AvgIpc) is 2.29. The van der Waals surface area contributed by atoms with Crippen LogP contribution in [0.5, 0.6) is 5.75 Å². The van der Waals surface area contributed by atoms with E-state index < -0.39 is 12.1 Å². The number of ketones is 1. The van der Waals surface area contributed by atoms with Crippen LogP contribution in [0.2, 0.25) is 0 Å². The summed E-state index contributed by atoms with van der Waals surface area (Å²) in [4.78, 5) is 23.1. The fourth-order valence-corrected chi connectivity index (χ4v) is 1.80. The van der Waals surface area contributed by atoms with Gasteiger partial charge in [0.1, 0.15) is 5.75 Å². The van der Waals surface area contributed by atoms with E-state index in [0.29, 0.717) is 12.8 Å². The van der Waals surface area contributed by atoms with Crippen molar-refractivity contribution in [3.63, 3.8) is 0 Å². The number of benzene rings is 1. The van der Waals surface area contributed by atoms with Gasteiger partial charge in [-0.1, -0.05) is 26.0 Å². The summed E-state index contributed by atoms with van der Waals surface area (Å²) >= 11 is 0. The van der Waals surface area contributed by atoms with E-state index in [1.54, 1.807) is 24.3 Å². The van der Waals surface area contributed by atoms with Crippen LogP contribution in [-0.2, 0) is 20.7 Å². The Morgan fingerprint density at radius 3 is 2.26 bits per heavy atom. The number of phenols is 1. The Bertz CT molecular complexity index is 434. The van der Waals surface area contributed by atoms with Crippen molar-refractivity contribution in [2.24, 2.45) is 5.92 Å². The smallest absolute Gasteiger partial charge is 0.303 e. The first-order valence-electron chi connectivity index (χ1n) is 6.36. The summed E-state index contributed by atoms with van der Waals surface area (Å²) in [6, 6.07) is 6.53. The lowest BCUT2D eigenvalue weighted by atomic mass is 9.98. The zero-order chi connectivity index (χ0) is 14.4. The fourth-order valence-electron chi connectivity index (χ4n) is 1.80. The average molecular weight is 264 g/mol. The third-order valence-electron chi connectivity index (χ3n) is 2.63. The van der Waals surface area contributed by atoms with Crippen molar-refractivity contribution in [2.75, 3.05) is 0 Å². The number of phenolic OH excluding ortho intramolecular Hbond substituents is 1. The molecule has 1 aromatic rings. The van der Waals surface area contributed by atoms with Gasteiger partial charge in [-0.15, -0.1) is 0 Å². The van der Waals surface area contributed by atoms with Gasteiger partial charge in [-0.3, -0.25) is 9.59 Å². The van der Waals surface area contributed by atoms with Crippen LogP contribution in [0.4, 0.5) is 0 Å². The summed E-state index contributed by atoms with van der Waals surface area (Å²) in [6.45, 7) is 5.19. The molecule has 1 aromatic carbocycles. The molecule has 19 heavy (non-hydrogen) atoms. The van der Waals surface area contributed by atoms with Gasteiger partial charge >= 0.3 is 5.97 Å². The highest BCUT2D eigenvalue weighted by Crippen LogP contribution is 2.15. The number of aromatic hydroxyl groups is 1. The number of esters is 1. The van der Waals surface area contributed by atoms with Crippen LogP contribution in [0, 0.1) is 5.92 Å². The molecule has 4 heteroatoms. The molecule has 0 saturated heterocycles. The second-order valence-electron chi connectivity index (χ2n) is 5.03. The Hall–Kier alpha value is -1.84. The lowest BCUT2D eigenvalue weighted by Crippen LogP contribution is -2.29. The molecule has 0 aliphatic carbocycles. The zero-order valence-corrected chi connectivity index (χ0v) is 11.6. The molecule has 1 rings (SSSR count). The van der Waals surface area contributed by atoms with Gasteiger partial charge in [0, 0.05) is 19.8 Å². The van der Waals surface area contributed by atoms with Crippen LogP contribution in [0.1, 0.15) is 32.8 Å². The van der Waals surface area contributed by atoms with Gasteiger partial charge in [-0.25, -0.2) is 0 Å². The number of hydrogen-bond acceptors (Lipinski definition) is 4. The molecule has 0 saturated carbocycles. The van der Waals surface area contributed by atoms with E-state index in [-0.39, 0.29) is 17.5 Å². The summed E-state index contributed by atoms with van der Waals surface area (Å²) < 4.78 is 5.10. The zero-order valence-electron chi connectivity index (χ0n) is 11.6.